The fourth-order valence-electron chi connectivity index (χ4n) is 3.89. The molecule has 7 nitrogen and oxygen atoms in total. The second kappa shape index (κ2) is 11.5. The fraction of sp³-hybridized carbons (Fsp3) is 0.214. The van der Waals surface area contributed by atoms with Crippen LogP contribution in [0.3, 0.4) is 0 Å². The van der Waals surface area contributed by atoms with E-state index in [-0.39, 0.29) is 17.6 Å². The van der Waals surface area contributed by atoms with Gasteiger partial charge < -0.3 is 24.9 Å². The highest BCUT2D eigenvalue weighted by Crippen LogP contribution is 2.26. The number of rotatable bonds is 11. The van der Waals surface area contributed by atoms with Crippen LogP contribution in [-0.2, 0) is 13.0 Å². The van der Waals surface area contributed by atoms with Crippen molar-refractivity contribution in [2.75, 3.05) is 0 Å². The molecule has 0 spiro atoms. The highest BCUT2D eigenvalue weighted by molar-refractivity contribution is 5.90. The smallest absolute Gasteiger partial charge is 0.268 e. The van der Waals surface area contributed by atoms with Crippen LogP contribution in [0.15, 0.2) is 85.3 Å². The van der Waals surface area contributed by atoms with E-state index < -0.39 is 12.0 Å². The van der Waals surface area contributed by atoms with Gasteiger partial charge >= 0.3 is 0 Å². The number of aromatic nitrogens is 2. The minimum absolute atomic E-state index is 0.165. The van der Waals surface area contributed by atoms with Gasteiger partial charge in [0.05, 0.1) is 18.5 Å². The number of hydrogen-bond acceptors (Lipinski definition) is 5. The summed E-state index contributed by atoms with van der Waals surface area (Å²) in [6.45, 7) is 2.08. The van der Waals surface area contributed by atoms with E-state index in [2.05, 4.69) is 4.98 Å². The van der Waals surface area contributed by atoms with Gasteiger partial charge in [0.25, 0.3) is 5.91 Å². The first-order valence-electron chi connectivity index (χ1n) is 11.6. The normalized spacial score (nSPS) is 12.6. The molecule has 3 N–H and O–H groups in total. The minimum atomic E-state index is -0.649. The molecule has 8 heteroatoms. The molecule has 0 aliphatic carbocycles. The van der Waals surface area contributed by atoms with Crippen molar-refractivity contribution in [3.05, 3.63) is 108 Å². The van der Waals surface area contributed by atoms with Crippen molar-refractivity contribution in [1.82, 2.24) is 9.55 Å². The van der Waals surface area contributed by atoms with E-state index in [0.717, 1.165) is 16.9 Å². The number of ether oxygens (including phenoxy) is 2. The molecule has 2 atom stereocenters. The van der Waals surface area contributed by atoms with Gasteiger partial charge in [-0.15, -0.1) is 0 Å². The lowest BCUT2D eigenvalue weighted by Crippen LogP contribution is -2.21. The molecule has 0 radical (unpaired) electrons. The summed E-state index contributed by atoms with van der Waals surface area (Å²) in [5, 5.41) is 10.3. The van der Waals surface area contributed by atoms with Gasteiger partial charge in [0, 0.05) is 6.20 Å². The van der Waals surface area contributed by atoms with Crippen molar-refractivity contribution in [3.63, 3.8) is 0 Å². The molecule has 186 valence electrons. The number of halogens is 1. The number of para-hydroxylation sites is 1. The molecule has 4 rings (SSSR count). The Morgan fingerprint density at radius 3 is 2.36 bits per heavy atom. The zero-order valence-electron chi connectivity index (χ0n) is 19.9. The lowest BCUT2D eigenvalue weighted by molar-refractivity contribution is 0.0994. The van der Waals surface area contributed by atoms with Crippen molar-refractivity contribution < 1.29 is 23.8 Å². The number of nitrogens with zero attached hydrogens (tertiary/aromatic N) is 2. The van der Waals surface area contributed by atoms with Gasteiger partial charge in [-0.05, 0) is 73.4 Å². The number of benzene rings is 3. The summed E-state index contributed by atoms with van der Waals surface area (Å²) < 4.78 is 26.6. The van der Waals surface area contributed by atoms with Crippen LogP contribution in [0.1, 0.15) is 41.0 Å². The average molecular weight is 490 g/mol. The molecule has 1 aromatic heterocycles. The highest BCUT2D eigenvalue weighted by Gasteiger charge is 2.19. The monoisotopic (exact) mass is 489 g/mol. The Hall–Kier alpha value is -4.17. The first-order chi connectivity index (χ1) is 17.4. The van der Waals surface area contributed by atoms with Gasteiger partial charge in [-0.3, -0.25) is 4.79 Å². The molecule has 0 bridgehead atoms. The second-order valence-electron chi connectivity index (χ2n) is 8.51. The van der Waals surface area contributed by atoms with Crippen LogP contribution in [0, 0.1) is 5.82 Å². The van der Waals surface area contributed by atoms with Crippen LogP contribution in [0.25, 0.3) is 0 Å². The van der Waals surface area contributed by atoms with E-state index in [0.29, 0.717) is 30.9 Å². The Balaban J connectivity index is 1.37. The Labute approximate surface area is 208 Å². The first-order valence-corrected chi connectivity index (χ1v) is 11.6. The Morgan fingerprint density at radius 1 is 1.06 bits per heavy atom. The first kappa shape index (κ1) is 24.9. The second-order valence-corrected chi connectivity index (χ2v) is 8.51. The SMILES string of the molecule is CC(O)C(CCc1ccccc1OCc1ccc(Oc2ccc(F)cc2)cc1)n1cnc(C(N)=O)c1. The molecule has 2 unspecified atom stereocenters. The maximum atomic E-state index is 13.1. The molecular formula is C28H28FN3O4. The predicted octanol–water partition coefficient (Wildman–Crippen LogP) is 5.05. The van der Waals surface area contributed by atoms with Crippen LogP contribution < -0.4 is 15.2 Å². The molecule has 0 aliphatic rings. The van der Waals surface area contributed by atoms with E-state index in [1.54, 1.807) is 29.8 Å². The molecule has 1 amide bonds. The maximum absolute atomic E-state index is 13.1. The third kappa shape index (κ3) is 6.49. The number of nitrogens with two attached hydrogens (primary N) is 1. The van der Waals surface area contributed by atoms with Gasteiger partial charge in [-0.25, -0.2) is 9.37 Å². The molecule has 0 saturated carbocycles. The van der Waals surface area contributed by atoms with Gasteiger partial charge in [-0.2, -0.15) is 0 Å². The number of aliphatic hydroxyl groups is 1. The number of aryl methyl sites for hydroxylation is 1. The number of aliphatic hydroxyl groups excluding tert-OH is 1. The Kier molecular flexibility index (Phi) is 7.97. The molecule has 0 saturated heterocycles. The van der Waals surface area contributed by atoms with E-state index >= 15 is 0 Å². The van der Waals surface area contributed by atoms with E-state index in [4.69, 9.17) is 15.2 Å². The van der Waals surface area contributed by atoms with Crippen LogP contribution >= 0.6 is 0 Å². The largest absolute Gasteiger partial charge is 0.489 e. The molecule has 1 heterocycles. The van der Waals surface area contributed by atoms with E-state index in [1.165, 1.54) is 18.5 Å². The highest BCUT2D eigenvalue weighted by atomic mass is 19.1. The van der Waals surface area contributed by atoms with Crippen LogP contribution in [0.4, 0.5) is 4.39 Å². The number of carbonyl (C=O) groups excluding carboxylic acids is 1. The number of carbonyl (C=O) groups is 1. The van der Waals surface area contributed by atoms with Crippen molar-refractivity contribution >= 4 is 5.91 Å². The summed E-state index contributed by atoms with van der Waals surface area (Å²) in [7, 11) is 0. The minimum Gasteiger partial charge on any atom is -0.489 e. The summed E-state index contributed by atoms with van der Waals surface area (Å²) in [5.74, 6) is 1.06. The van der Waals surface area contributed by atoms with Crippen molar-refractivity contribution in [1.29, 1.82) is 0 Å². The van der Waals surface area contributed by atoms with Gasteiger partial charge in [0.2, 0.25) is 0 Å². The zero-order chi connectivity index (χ0) is 25.5. The van der Waals surface area contributed by atoms with E-state index in [9.17, 15) is 14.3 Å². The number of primary amides is 1. The van der Waals surface area contributed by atoms with Gasteiger partial charge in [0.15, 0.2) is 0 Å². The average Bonchev–Trinajstić information content (AvgIpc) is 3.36. The van der Waals surface area contributed by atoms with Crippen molar-refractivity contribution in [2.45, 2.75) is 38.5 Å². The Bertz CT molecular complexity index is 1290. The van der Waals surface area contributed by atoms with Gasteiger partial charge in [0.1, 0.15) is 35.4 Å². The van der Waals surface area contributed by atoms with Crippen molar-refractivity contribution in [3.8, 4) is 17.2 Å². The molecule has 4 aromatic rings. The third-order valence-electron chi connectivity index (χ3n) is 5.84. The standard InChI is InChI=1S/C28H28FN3O4/c1-19(33)26(32-16-25(28(30)34)31-18-32)15-8-21-4-2-3-5-27(21)35-17-20-6-11-23(12-7-20)36-24-13-9-22(29)10-14-24/h2-7,9-14,16,18-19,26,33H,8,15,17H2,1H3,(H2,30,34). The fourth-order valence-corrected chi connectivity index (χ4v) is 3.89. The third-order valence-corrected chi connectivity index (χ3v) is 5.84. The number of amides is 1. The summed E-state index contributed by atoms with van der Waals surface area (Å²) >= 11 is 0. The summed E-state index contributed by atoms with van der Waals surface area (Å²) in [5.41, 5.74) is 7.45. The van der Waals surface area contributed by atoms with Crippen LogP contribution in [0.5, 0.6) is 17.2 Å². The summed E-state index contributed by atoms with van der Waals surface area (Å²) in [4.78, 5) is 15.4. The summed E-state index contributed by atoms with van der Waals surface area (Å²) in [6, 6.07) is 20.9. The predicted molar refractivity (Wildman–Crippen MR) is 133 cm³/mol. The maximum Gasteiger partial charge on any atom is 0.268 e. The van der Waals surface area contributed by atoms with Crippen LogP contribution in [-0.4, -0.2) is 26.7 Å². The zero-order valence-corrected chi connectivity index (χ0v) is 19.9. The quantitative estimate of drug-likeness (QED) is 0.307. The number of imidazole rings is 1. The molecular weight excluding hydrogens is 461 g/mol. The molecule has 3 aromatic carbocycles. The lowest BCUT2D eigenvalue weighted by Gasteiger charge is -2.22. The molecule has 0 aliphatic heterocycles. The summed E-state index contributed by atoms with van der Waals surface area (Å²) in [6.07, 6.45) is 3.70. The van der Waals surface area contributed by atoms with E-state index in [1.807, 2.05) is 48.5 Å². The number of hydrogen-bond donors (Lipinski definition) is 2. The molecule has 0 fully saturated rings. The van der Waals surface area contributed by atoms with Crippen LogP contribution in [0.2, 0.25) is 0 Å². The topological polar surface area (TPSA) is 99.6 Å². The van der Waals surface area contributed by atoms with Crippen molar-refractivity contribution in [2.24, 2.45) is 5.73 Å². The lowest BCUT2D eigenvalue weighted by atomic mass is 10.0. The Morgan fingerprint density at radius 2 is 1.72 bits per heavy atom. The molecule has 36 heavy (non-hydrogen) atoms. The van der Waals surface area contributed by atoms with Gasteiger partial charge in [-0.1, -0.05) is 30.3 Å².